The van der Waals surface area contributed by atoms with Crippen molar-refractivity contribution >= 4 is 11.5 Å². The Morgan fingerprint density at radius 2 is 1.96 bits per heavy atom. The SMILES string of the molecule is COC(=O)c1cccc(Cc2c(-c3cccc(F)c3)nn3cc(C)ccc23)n1. The van der Waals surface area contributed by atoms with Gasteiger partial charge in [0.1, 0.15) is 11.5 Å². The molecule has 1 aromatic carbocycles. The number of carbonyl (C=O) groups is 1. The van der Waals surface area contributed by atoms with Crippen LogP contribution in [0, 0.1) is 12.7 Å². The van der Waals surface area contributed by atoms with Crippen molar-refractivity contribution in [1.82, 2.24) is 14.6 Å². The second-order valence-corrected chi connectivity index (χ2v) is 6.56. The lowest BCUT2D eigenvalue weighted by Crippen LogP contribution is -2.06. The summed E-state index contributed by atoms with van der Waals surface area (Å²) in [5.41, 5.74) is 5.24. The van der Waals surface area contributed by atoms with Crippen molar-refractivity contribution in [1.29, 1.82) is 0 Å². The number of methoxy groups -OCH3 is 1. The molecule has 4 rings (SSSR count). The number of aryl methyl sites for hydroxylation is 1. The van der Waals surface area contributed by atoms with Gasteiger partial charge in [0.2, 0.25) is 0 Å². The van der Waals surface area contributed by atoms with Crippen LogP contribution in [0.4, 0.5) is 4.39 Å². The minimum Gasteiger partial charge on any atom is -0.464 e. The predicted octanol–water partition coefficient (Wildman–Crippen LogP) is 4.22. The van der Waals surface area contributed by atoms with E-state index in [9.17, 15) is 9.18 Å². The number of pyridine rings is 2. The first kappa shape index (κ1) is 17.9. The van der Waals surface area contributed by atoms with Crippen LogP contribution in [0.1, 0.15) is 27.3 Å². The quantitative estimate of drug-likeness (QED) is 0.501. The van der Waals surface area contributed by atoms with E-state index in [1.54, 1.807) is 22.7 Å². The Morgan fingerprint density at radius 3 is 2.75 bits per heavy atom. The van der Waals surface area contributed by atoms with Gasteiger partial charge in [0.05, 0.1) is 18.3 Å². The van der Waals surface area contributed by atoms with Crippen LogP contribution in [0.3, 0.4) is 0 Å². The summed E-state index contributed by atoms with van der Waals surface area (Å²) < 4.78 is 20.4. The maximum absolute atomic E-state index is 13.8. The third kappa shape index (κ3) is 3.36. The Bertz CT molecular complexity index is 1180. The van der Waals surface area contributed by atoms with Crippen LogP contribution in [0.2, 0.25) is 0 Å². The van der Waals surface area contributed by atoms with Crippen molar-refractivity contribution in [2.45, 2.75) is 13.3 Å². The molecule has 3 heterocycles. The van der Waals surface area contributed by atoms with Crippen LogP contribution < -0.4 is 0 Å². The number of halogens is 1. The largest absolute Gasteiger partial charge is 0.464 e. The lowest BCUT2D eigenvalue weighted by Gasteiger charge is -2.06. The van der Waals surface area contributed by atoms with Gasteiger partial charge in [-0.15, -0.1) is 0 Å². The Morgan fingerprint density at radius 1 is 1.14 bits per heavy atom. The van der Waals surface area contributed by atoms with E-state index in [0.29, 0.717) is 23.4 Å². The van der Waals surface area contributed by atoms with Crippen molar-refractivity contribution in [3.05, 3.63) is 89.1 Å². The molecule has 0 radical (unpaired) electrons. The van der Waals surface area contributed by atoms with Crippen molar-refractivity contribution in [3.8, 4) is 11.3 Å². The van der Waals surface area contributed by atoms with E-state index < -0.39 is 5.97 Å². The van der Waals surface area contributed by atoms with Crippen molar-refractivity contribution < 1.29 is 13.9 Å². The number of ether oxygens (including phenoxy) is 1. The fraction of sp³-hybridized carbons (Fsp3) is 0.136. The highest BCUT2D eigenvalue weighted by Gasteiger charge is 2.17. The molecule has 3 aromatic heterocycles. The molecule has 0 fully saturated rings. The summed E-state index contributed by atoms with van der Waals surface area (Å²) in [5, 5.41) is 4.69. The van der Waals surface area contributed by atoms with Gasteiger partial charge in [0.25, 0.3) is 0 Å². The Kier molecular flexibility index (Phi) is 4.61. The average molecular weight is 375 g/mol. The molecule has 140 valence electrons. The molecule has 0 bridgehead atoms. The molecular formula is C22H18FN3O2. The van der Waals surface area contributed by atoms with Gasteiger partial charge in [0.15, 0.2) is 0 Å². The molecule has 0 amide bonds. The van der Waals surface area contributed by atoms with Crippen LogP contribution >= 0.6 is 0 Å². The summed E-state index contributed by atoms with van der Waals surface area (Å²) in [6, 6.07) is 15.6. The summed E-state index contributed by atoms with van der Waals surface area (Å²) in [4.78, 5) is 16.2. The molecule has 5 nitrogen and oxygen atoms in total. The average Bonchev–Trinajstić information content (AvgIpc) is 3.05. The number of aromatic nitrogens is 3. The molecule has 0 aliphatic heterocycles. The minimum absolute atomic E-state index is 0.250. The van der Waals surface area contributed by atoms with Gasteiger partial charge in [-0.25, -0.2) is 18.7 Å². The number of esters is 1. The maximum atomic E-state index is 13.8. The summed E-state index contributed by atoms with van der Waals surface area (Å²) in [7, 11) is 1.33. The zero-order chi connectivity index (χ0) is 19.7. The highest BCUT2D eigenvalue weighted by atomic mass is 19.1. The number of rotatable bonds is 4. The zero-order valence-corrected chi connectivity index (χ0v) is 15.5. The monoisotopic (exact) mass is 375 g/mol. The van der Waals surface area contributed by atoms with Gasteiger partial charge < -0.3 is 4.74 Å². The van der Waals surface area contributed by atoms with Crippen LogP contribution in [-0.4, -0.2) is 27.7 Å². The Hall–Kier alpha value is -3.54. The maximum Gasteiger partial charge on any atom is 0.356 e. The van der Waals surface area contributed by atoms with E-state index in [4.69, 9.17) is 4.74 Å². The van der Waals surface area contributed by atoms with Crippen LogP contribution in [-0.2, 0) is 11.2 Å². The van der Waals surface area contributed by atoms with Gasteiger partial charge in [-0.1, -0.05) is 24.3 Å². The molecule has 0 aliphatic rings. The summed E-state index contributed by atoms with van der Waals surface area (Å²) in [6.07, 6.45) is 2.38. The Balaban J connectivity index is 1.86. The third-order valence-corrected chi connectivity index (χ3v) is 4.54. The van der Waals surface area contributed by atoms with Gasteiger partial charge >= 0.3 is 5.97 Å². The summed E-state index contributed by atoms with van der Waals surface area (Å²) in [5.74, 6) is -0.801. The molecule has 4 aromatic rings. The molecular weight excluding hydrogens is 357 g/mol. The fourth-order valence-electron chi connectivity index (χ4n) is 3.22. The zero-order valence-electron chi connectivity index (χ0n) is 15.5. The minimum atomic E-state index is -0.484. The second-order valence-electron chi connectivity index (χ2n) is 6.56. The first-order valence-corrected chi connectivity index (χ1v) is 8.83. The molecule has 0 N–H and O–H groups in total. The number of carbonyl (C=O) groups excluding carboxylic acids is 1. The molecule has 6 heteroatoms. The molecule has 28 heavy (non-hydrogen) atoms. The second kappa shape index (κ2) is 7.23. The first-order valence-electron chi connectivity index (χ1n) is 8.83. The normalized spacial score (nSPS) is 11.0. The van der Waals surface area contributed by atoms with E-state index in [0.717, 1.165) is 16.6 Å². The third-order valence-electron chi connectivity index (χ3n) is 4.54. The first-order chi connectivity index (χ1) is 13.5. The smallest absolute Gasteiger partial charge is 0.356 e. The number of hydrogen-bond donors (Lipinski definition) is 0. The van der Waals surface area contributed by atoms with E-state index in [1.165, 1.54) is 19.2 Å². The van der Waals surface area contributed by atoms with Gasteiger partial charge in [-0.2, -0.15) is 5.10 Å². The molecule has 0 unspecified atom stereocenters. The van der Waals surface area contributed by atoms with Crippen molar-refractivity contribution in [3.63, 3.8) is 0 Å². The molecule has 0 saturated heterocycles. The Labute approximate surface area is 161 Å². The van der Waals surface area contributed by atoms with Crippen LogP contribution in [0.15, 0.2) is 60.8 Å². The van der Waals surface area contributed by atoms with Gasteiger partial charge in [-0.05, 0) is 42.8 Å². The molecule has 0 saturated carbocycles. The summed E-state index contributed by atoms with van der Waals surface area (Å²) >= 11 is 0. The van der Waals surface area contributed by atoms with E-state index >= 15 is 0 Å². The highest BCUT2D eigenvalue weighted by molar-refractivity contribution is 5.87. The van der Waals surface area contributed by atoms with E-state index in [-0.39, 0.29) is 11.5 Å². The molecule has 0 aliphatic carbocycles. The van der Waals surface area contributed by atoms with Crippen LogP contribution in [0.5, 0.6) is 0 Å². The van der Waals surface area contributed by atoms with Gasteiger partial charge in [0, 0.05) is 29.4 Å². The van der Waals surface area contributed by atoms with Crippen molar-refractivity contribution in [2.24, 2.45) is 0 Å². The number of fused-ring (bicyclic) bond motifs is 1. The van der Waals surface area contributed by atoms with Gasteiger partial charge in [-0.3, -0.25) is 0 Å². The molecule has 0 spiro atoms. The lowest BCUT2D eigenvalue weighted by atomic mass is 10.0. The predicted molar refractivity (Wildman–Crippen MR) is 104 cm³/mol. The van der Waals surface area contributed by atoms with Crippen molar-refractivity contribution in [2.75, 3.05) is 7.11 Å². The standard InChI is InChI=1S/C22H18FN3O2/c1-14-9-10-20-18(12-17-7-4-8-19(24-17)22(27)28-2)21(25-26(20)13-14)15-5-3-6-16(23)11-15/h3-11,13H,12H2,1-2H3. The van der Waals surface area contributed by atoms with E-state index in [2.05, 4.69) is 10.1 Å². The number of benzene rings is 1. The fourth-order valence-corrected chi connectivity index (χ4v) is 3.22. The summed E-state index contributed by atoms with van der Waals surface area (Å²) in [6.45, 7) is 1.99. The lowest BCUT2D eigenvalue weighted by molar-refractivity contribution is 0.0593. The number of hydrogen-bond acceptors (Lipinski definition) is 4. The highest BCUT2D eigenvalue weighted by Crippen LogP contribution is 2.29. The number of nitrogens with zero attached hydrogens (tertiary/aromatic N) is 3. The van der Waals surface area contributed by atoms with Crippen LogP contribution in [0.25, 0.3) is 16.8 Å². The molecule has 0 atom stereocenters. The topological polar surface area (TPSA) is 56.5 Å². The van der Waals surface area contributed by atoms with E-state index in [1.807, 2.05) is 37.4 Å².